The summed E-state index contributed by atoms with van der Waals surface area (Å²) in [6.07, 6.45) is 2.47. The Morgan fingerprint density at radius 2 is 1.84 bits per heavy atom. The van der Waals surface area contributed by atoms with Crippen LogP contribution in [0.5, 0.6) is 0 Å². The van der Waals surface area contributed by atoms with Crippen molar-refractivity contribution >= 4 is 21.7 Å². The maximum atomic E-state index is 4.63. The summed E-state index contributed by atoms with van der Waals surface area (Å²) in [5.74, 6) is 4.56. The zero-order valence-corrected chi connectivity index (χ0v) is 13.9. The minimum atomic E-state index is 0.587. The number of hydrogen-bond donors (Lipinski definition) is 1. The quantitative estimate of drug-likeness (QED) is 0.785. The van der Waals surface area contributed by atoms with E-state index < -0.39 is 0 Å². The van der Waals surface area contributed by atoms with E-state index >= 15 is 0 Å². The molecule has 19 heavy (non-hydrogen) atoms. The molecule has 0 amide bonds. The lowest BCUT2D eigenvalue weighted by Crippen LogP contribution is -2.25. The van der Waals surface area contributed by atoms with Crippen LogP contribution in [0, 0.1) is 17.8 Å². The van der Waals surface area contributed by atoms with E-state index in [0.717, 1.165) is 22.8 Å². The zero-order valence-electron chi connectivity index (χ0n) is 12.3. The molecule has 1 aliphatic rings. The van der Waals surface area contributed by atoms with Crippen molar-refractivity contribution in [3.63, 3.8) is 0 Å². The van der Waals surface area contributed by atoms with Crippen LogP contribution in [0.3, 0.4) is 0 Å². The van der Waals surface area contributed by atoms with Crippen molar-refractivity contribution < 1.29 is 0 Å². The first-order chi connectivity index (χ1) is 8.97. The smallest absolute Gasteiger partial charge is 0.135 e. The second kappa shape index (κ2) is 6.21. The van der Waals surface area contributed by atoms with Gasteiger partial charge in [-0.2, -0.15) is 0 Å². The van der Waals surface area contributed by atoms with Crippen LogP contribution in [-0.2, 0) is 0 Å². The van der Waals surface area contributed by atoms with E-state index in [2.05, 4.69) is 58.9 Å². The van der Waals surface area contributed by atoms with Gasteiger partial charge in [0.05, 0.1) is 0 Å². The highest BCUT2D eigenvalue weighted by Crippen LogP contribution is 2.38. The molecule has 2 rings (SSSR count). The van der Waals surface area contributed by atoms with Crippen LogP contribution in [0.4, 0.5) is 5.82 Å². The molecular formula is C15H24BrN3. The van der Waals surface area contributed by atoms with Crippen molar-refractivity contribution in [2.45, 2.75) is 46.5 Å². The van der Waals surface area contributed by atoms with Crippen LogP contribution in [0.15, 0.2) is 10.7 Å². The predicted molar refractivity (Wildman–Crippen MR) is 83.4 cm³/mol. The number of halogens is 1. The Hall–Kier alpha value is -0.640. The number of aromatic nitrogens is 2. The molecule has 0 aromatic carbocycles. The van der Waals surface area contributed by atoms with Crippen molar-refractivity contribution in [2.24, 2.45) is 17.8 Å². The van der Waals surface area contributed by atoms with Crippen LogP contribution in [0.25, 0.3) is 0 Å². The minimum Gasteiger partial charge on any atom is -0.370 e. The summed E-state index contributed by atoms with van der Waals surface area (Å²) in [5, 5.41) is 3.49. The van der Waals surface area contributed by atoms with Gasteiger partial charge in [0.25, 0.3) is 0 Å². The summed E-state index contributed by atoms with van der Waals surface area (Å²) in [6.45, 7) is 10.1. The van der Waals surface area contributed by atoms with Crippen LogP contribution >= 0.6 is 15.9 Å². The molecule has 1 aliphatic carbocycles. The van der Waals surface area contributed by atoms with Gasteiger partial charge < -0.3 is 5.32 Å². The van der Waals surface area contributed by atoms with Crippen molar-refractivity contribution in [3.8, 4) is 0 Å². The monoisotopic (exact) mass is 325 g/mol. The van der Waals surface area contributed by atoms with Gasteiger partial charge in [0.1, 0.15) is 16.2 Å². The molecule has 0 radical (unpaired) electrons. The Labute approximate surface area is 124 Å². The second-order valence-electron chi connectivity index (χ2n) is 6.24. The highest BCUT2D eigenvalue weighted by Gasteiger charge is 2.27. The van der Waals surface area contributed by atoms with Crippen LogP contribution in [0.1, 0.15) is 52.3 Å². The summed E-state index contributed by atoms with van der Waals surface area (Å²) >= 11 is 3.48. The van der Waals surface area contributed by atoms with Gasteiger partial charge in [-0.3, -0.25) is 0 Å². The molecule has 0 spiro atoms. The van der Waals surface area contributed by atoms with Gasteiger partial charge in [-0.15, -0.1) is 0 Å². The predicted octanol–water partition coefficient (Wildman–Crippen LogP) is 4.46. The van der Waals surface area contributed by atoms with E-state index in [1.165, 1.54) is 12.8 Å². The third-order valence-corrected chi connectivity index (χ3v) is 4.29. The summed E-state index contributed by atoms with van der Waals surface area (Å²) in [5.41, 5.74) is 0. The third-order valence-electron chi connectivity index (χ3n) is 3.89. The number of rotatable bonds is 6. The standard InChI is InChI=1S/C15H24BrN3/c1-9(2)12(10(3)4)8-17-14-7-13(16)18-15(19-14)11-5-6-11/h7,9-12H,5-6,8H2,1-4H3,(H,17,18,19). The number of nitrogens with zero attached hydrogens (tertiary/aromatic N) is 2. The number of hydrogen-bond acceptors (Lipinski definition) is 3. The molecule has 0 bridgehead atoms. The van der Waals surface area contributed by atoms with Crippen LogP contribution in [-0.4, -0.2) is 16.5 Å². The van der Waals surface area contributed by atoms with E-state index in [4.69, 9.17) is 0 Å². The molecular weight excluding hydrogens is 302 g/mol. The molecule has 0 saturated heterocycles. The molecule has 1 fully saturated rings. The fourth-order valence-corrected chi connectivity index (χ4v) is 2.91. The zero-order chi connectivity index (χ0) is 14.0. The Kier molecular flexibility index (Phi) is 4.82. The summed E-state index contributed by atoms with van der Waals surface area (Å²) in [7, 11) is 0. The Morgan fingerprint density at radius 3 is 2.37 bits per heavy atom. The maximum absolute atomic E-state index is 4.63. The molecule has 0 unspecified atom stereocenters. The van der Waals surface area contributed by atoms with Crippen molar-refractivity contribution in [1.82, 2.24) is 9.97 Å². The summed E-state index contributed by atoms with van der Waals surface area (Å²) in [4.78, 5) is 9.09. The van der Waals surface area contributed by atoms with Crippen LogP contribution < -0.4 is 5.32 Å². The highest BCUT2D eigenvalue weighted by molar-refractivity contribution is 9.10. The number of anilines is 1. The minimum absolute atomic E-state index is 0.587. The van der Waals surface area contributed by atoms with Crippen molar-refractivity contribution in [2.75, 3.05) is 11.9 Å². The van der Waals surface area contributed by atoms with E-state index in [1.54, 1.807) is 0 Å². The largest absolute Gasteiger partial charge is 0.370 e. The lowest BCUT2D eigenvalue weighted by Gasteiger charge is -2.25. The van der Waals surface area contributed by atoms with Gasteiger partial charge in [0, 0.05) is 18.5 Å². The summed E-state index contributed by atoms with van der Waals surface area (Å²) < 4.78 is 0.887. The Bertz CT molecular complexity index is 419. The first kappa shape index (κ1) is 14.8. The van der Waals surface area contributed by atoms with Gasteiger partial charge in [-0.25, -0.2) is 9.97 Å². The molecule has 1 N–H and O–H groups in total. The average Bonchev–Trinajstić information content (AvgIpc) is 3.11. The maximum Gasteiger partial charge on any atom is 0.135 e. The van der Waals surface area contributed by atoms with E-state index in [0.29, 0.717) is 23.7 Å². The van der Waals surface area contributed by atoms with Gasteiger partial charge in [0.2, 0.25) is 0 Å². The molecule has 106 valence electrons. The molecule has 4 heteroatoms. The lowest BCUT2D eigenvalue weighted by molar-refractivity contribution is 0.304. The second-order valence-corrected chi connectivity index (χ2v) is 7.05. The van der Waals surface area contributed by atoms with Crippen molar-refractivity contribution in [3.05, 3.63) is 16.5 Å². The molecule has 0 atom stereocenters. The molecule has 3 nitrogen and oxygen atoms in total. The third kappa shape index (κ3) is 4.16. The SMILES string of the molecule is CC(C)C(CNc1cc(Br)nc(C2CC2)n1)C(C)C. The Morgan fingerprint density at radius 1 is 1.21 bits per heavy atom. The highest BCUT2D eigenvalue weighted by atomic mass is 79.9. The topological polar surface area (TPSA) is 37.8 Å². The molecule has 1 saturated carbocycles. The van der Waals surface area contributed by atoms with E-state index in [-0.39, 0.29) is 0 Å². The summed E-state index contributed by atoms with van der Waals surface area (Å²) in [6, 6.07) is 1.98. The molecule has 1 heterocycles. The van der Waals surface area contributed by atoms with Crippen LogP contribution in [0.2, 0.25) is 0 Å². The van der Waals surface area contributed by atoms with Gasteiger partial charge >= 0.3 is 0 Å². The van der Waals surface area contributed by atoms with E-state index in [1.807, 2.05) is 6.07 Å². The molecule has 0 aliphatic heterocycles. The van der Waals surface area contributed by atoms with Crippen molar-refractivity contribution in [1.29, 1.82) is 0 Å². The van der Waals surface area contributed by atoms with Gasteiger partial charge in [-0.05, 0) is 46.5 Å². The molecule has 1 aromatic heterocycles. The average molecular weight is 326 g/mol. The fraction of sp³-hybridized carbons (Fsp3) is 0.733. The first-order valence-electron chi connectivity index (χ1n) is 7.25. The van der Waals surface area contributed by atoms with Gasteiger partial charge in [-0.1, -0.05) is 27.7 Å². The lowest BCUT2D eigenvalue weighted by atomic mass is 9.85. The van der Waals surface area contributed by atoms with Gasteiger partial charge in [0.15, 0.2) is 0 Å². The van der Waals surface area contributed by atoms with E-state index in [9.17, 15) is 0 Å². The fourth-order valence-electron chi connectivity index (χ4n) is 2.51. The normalized spacial score (nSPS) is 15.6. The number of nitrogens with one attached hydrogen (secondary N) is 1. The first-order valence-corrected chi connectivity index (χ1v) is 8.05. The molecule has 1 aromatic rings. The Balaban J connectivity index is 2.02.